The van der Waals surface area contributed by atoms with Gasteiger partial charge in [0.2, 0.25) is 0 Å². The van der Waals surface area contributed by atoms with Gasteiger partial charge in [0.05, 0.1) is 0 Å². The summed E-state index contributed by atoms with van der Waals surface area (Å²) in [5.41, 5.74) is 0. The second-order valence-corrected chi connectivity index (χ2v) is 7.61. The molecule has 0 saturated heterocycles. The van der Waals surface area contributed by atoms with Crippen LogP contribution < -0.4 is 0 Å². The van der Waals surface area contributed by atoms with Crippen molar-refractivity contribution in [1.29, 1.82) is 0 Å². The van der Waals surface area contributed by atoms with E-state index >= 15 is 0 Å². The van der Waals surface area contributed by atoms with Gasteiger partial charge >= 0.3 is 61.4 Å². The largest absolute Gasteiger partial charge is 0.460 e. The Labute approximate surface area is 155 Å². The summed E-state index contributed by atoms with van der Waals surface area (Å²) in [5.74, 6) is -7.33. The summed E-state index contributed by atoms with van der Waals surface area (Å²) in [6.45, 7) is 0. The van der Waals surface area contributed by atoms with Crippen LogP contribution in [-0.4, -0.2) is 67.1 Å². The molecule has 2 N–H and O–H groups in total. The minimum absolute atomic E-state index is 1.46. The van der Waals surface area contributed by atoms with E-state index in [0.29, 0.717) is 0 Å². The summed E-state index contributed by atoms with van der Waals surface area (Å²) in [6.07, 6.45) is -28.5. The maximum atomic E-state index is 13.6. The molecule has 0 aliphatic heterocycles. The zero-order valence-corrected chi connectivity index (χ0v) is 14.3. The van der Waals surface area contributed by atoms with Crippen LogP contribution in [0, 0.1) is 0 Å². The highest BCUT2D eigenvalue weighted by Crippen LogP contribution is 2.52. The maximum Gasteiger partial charge on any atom is 0.460 e. The molecule has 0 aromatic rings. The maximum absolute atomic E-state index is 13.6. The molecule has 0 bridgehead atoms. The molecule has 1 unspecified atom stereocenters. The summed E-state index contributed by atoms with van der Waals surface area (Å²) in [5, 5.41) is -14.4. The lowest BCUT2D eigenvalue weighted by Crippen LogP contribution is -2.64. The second kappa shape index (κ2) is 7.46. The van der Waals surface area contributed by atoms with Crippen LogP contribution in [0.4, 0.5) is 57.1 Å². The van der Waals surface area contributed by atoms with Crippen LogP contribution in [-0.2, 0) is 29.7 Å². The molecule has 0 fully saturated rings. The Hall–Kier alpha value is -1.17. The van der Waals surface area contributed by atoms with E-state index in [1.807, 2.05) is 0 Å². The standard InChI is InChI=1S/C7H3F13O8S2/c8-1(9)2(10,27-4(13,14)6(17,18)29(21,22)23)3(11,12)28-5(15,16)7(19,20)30(24,25)26/h1H,(H,21,22,23)(H,24,25,26). The Bertz CT molecular complexity index is 853. The van der Waals surface area contributed by atoms with Crippen LogP contribution in [0.25, 0.3) is 0 Å². The third kappa shape index (κ3) is 4.68. The van der Waals surface area contributed by atoms with Crippen LogP contribution >= 0.6 is 0 Å². The van der Waals surface area contributed by atoms with Crippen molar-refractivity contribution in [2.75, 3.05) is 0 Å². The molecule has 0 amide bonds. The molecule has 0 spiro atoms. The van der Waals surface area contributed by atoms with E-state index in [2.05, 4.69) is 0 Å². The van der Waals surface area contributed by atoms with Crippen molar-refractivity contribution in [3.05, 3.63) is 0 Å². The van der Waals surface area contributed by atoms with Crippen LogP contribution in [0.5, 0.6) is 0 Å². The molecule has 8 nitrogen and oxygen atoms in total. The van der Waals surface area contributed by atoms with Crippen molar-refractivity contribution < 1.29 is 92.5 Å². The number of alkyl halides is 13. The van der Waals surface area contributed by atoms with Gasteiger partial charge in [-0.1, -0.05) is 0 Å². The zero-order valence-electron chi connectivity index (χ0n) is 12.7. The van der Waals surface area contributed by atoms with Crippen molar-refractivity contribution in [3.8, 4) is 0 Å². The summed E-state index contributed by atoms with van der Waals surface area (Å²) in [7, 11) is -14.9. The number of hydrogen-bond donors (Lipinski definition) is 2. The van der Waals surface area contributed by atoms with Gasteiger partial charge in [0.25, 0.3) is 0 Å². The summed E-state index contributed by atoms with van der Waals surface area (Å²) in [6, 6.07) is 0. The van der Waals surface area contributed by atoms with Crippen molar-refractivity contribution in [1.82, 2.24) is 0 Å². The Morgan fingerprint density at radius 3 is 1.07 bits per heavy atom. The Kier molecular flexibility index (Phi) is 7.17. The monoisotopic (exact) mass is 526 g/mol. The Balaban J connectivity index is 6.46. The lowest BCUT2D eigenvalue weighted by Gasteiger charge is -2.37. The first-order valence-electron chi connectivity index (χ1n) is 5.81. The first-order chi connectivity index (χ1) is 12.6. The molecule has 0 aromatic heterocycles. The van der Waals surface area contributed by atoms with Gasteiger partial charge in [-0.2, -0.15) is 65.1 Å². The smallest absolute Gasteiger partial charge is 0.281 e. The lowest BCUT2D eigenvalue weighted by atomic mass is 10.3. The van der Waals surface area contributed by atoms with E-state index in [4.69, 9.17) is 9.11 Å². The quantitative estimate of drug-likeness (QED) is 0.329. The molecular formula is C7H3F13O8S2. The van der Waals surface area contributed by atoms with E-state index in [0.717, 1.165) is 0 Å². The normalized spacial score (nSPS) is 17.9. The average molecular weight is 526 g/mol. The van der Waals surface area contributed by atoms with Crippen LogP contribution in [0.15, 0.2) is 0 Å². The van der Waals surface area contributed by atoms with E-state index in [9.17, 15) is 73.9 Å². The fourth-order valence-electron chi connectivity index (χ4n) is 1.07. The van der Waals surface area contributed by atoms with Crippen LogP contribution in [0.1, 0.15) is 0 Å². The van der Waals surface area contributed by atoms with Gasteiger partial charge in [0, 0.05) is 0 Å². The number of ether oxygens (including phenoxy) is 2. The van der Waals surface area contributed by atoms with Crippen molar-refractivity contribution >= 4 is 20.2 Å². The predicted molar refractivity (Wildman–Crippen MR) is 59.8 cm³/mol. The van der Waals surface area contributed by atoms with E-state index < -0.39 is 61.4 Å². The molecule has 1 atom stereocenters. The molecule has 0 aliphatic rings. The second-order valence-electron chi connectivity index (χ2n) is 4.68. The van der Waals surface area contributed by atoms with E-state index in [1.54, 1.807) is 4.74 Å². The fraction of sp³-hybridized carbons (Fsp3) is 1.00. The van der Waals surface area contributed by atoms with Gasteiger partial charge in [-0.3, -0.25) is 13.8 Å². The summed E-state index contributed by atoms with van der Waals surface area (Å²) < 4.78 is 227. The fourth-order valence-corrected chi connectivity index (χ4v) is 1.75. The molecule has 0 heterocycles. The van der Waals surface area contributed by atoms with Gasteiger partial charge in [-0.25, -0.2) is 13.5 Å². The molecule has 30 heavy (non-hydrogen) atoms. The predicted octanol–water partition coefficient (Wildman–Crippen LogP) is 2.69. The molecule has 0 rings (SSSR count). The molecule has 0 radical (unpaired) electrons. The topological polar surface area (TPSA) is 127 Å². The summed E-state index contributed by atoms with van der Waals surface area (Å²) in [4.78, 5) is 0. The first-order valence-corrected chi connectivity index (χ1v) is 8.69. The SMILES string of the molecule is O=S(=O)(O)C(F)(F)C(F)(F)OC(F)(F)C(F)(OC(F)(F)C(F)(F)S(=O)(=O)O)C(F)F. The highest BCUT2D eigenvalue weighted by atomic mass is 32.2. The van der Waals surface area contributed by atoms with Gasteiger partial charge < -0.3 is 0 Å². The molecule has 23 heteroatoms. The molecule has 0 aliphatic carbocycles. The zero-order chi connectivity index (χ0) is 25.0. The van der Waals surface area contributed by atoms with Crippen LogP contribution in [0.3, 0.4) is 0 Å². The molecule has 0 aromatic carbocycles. The minimum Gasteiger partial charge on any atom is -0.281 e. The third-order valence-corrected chi connectivity index (χ3v) is 4.31. The van der Waals surface area contributed by atoms with Gasteiger partial charge in [-0.05, 0) is 0 Å². The van der Waals surface area contributed by atoms with E-state index in [1.165, 1.54) is 4.74 Å². The van der Waals surface area contributed by atoms with Gasteiger partial charge in [0.15, 0.2) is 0 Å². The Morgan fingerprint density at radius 1 is 0.567 bits per heavy atom. The first kappa shape index (κ1) is 28.8. The Morgan fingerprint density at radius 2 is 0.833 bits per heavy atom. The van der Waals surface area contributed by atoms with Gasteiger partial charge in [-0.15, -0.1) is 0 Å². The third-order valence-electron chi connectivity index (χ3n) is 2.54. The number of halogens is 13. The molecule has 182 valence electrons. The van der Waals surface area contributed by atoms with E-state index in [-0.39, 0.29) is 0 Å². The minimum atomic E-state index is -7.60. The summed E-state index contributed by atoms with van der Waals surface area (Å²) >= 11 is 0. The van der Waals surface area contributed by atoms with Crippen molar-refractivity contribution in [2.24, 2.45) is 0 Å². The van der Waals surface area contributed by atoms with Crippen LogP contribution in [0.2, 0.25) is 0 Å². The van der Waals surface area contributed by atoms with Crippen molar-refractivity contribution in [2.45, 2.75) is 41.1 Å². The lowest BCUT2D eigenvalue weighted by molar-refractivity contribution is -0.517. The average Bonchev–Trinajstić information content (AvgIpc) is 2.42. The highest BCUT2D eigenvalue weighted by Gasteiger charge is 2.80. The molecule has 0 saturated carbocycles. The van der Waals surface area contributed by atoms with Gasteiger partial charge in [0.1, 0.15) is 0 Å². The number of rotatable bonds is 10. The van der Waals surface area contributed by atoms with Crippen molar-refractivity contribution in [3.63, 3.8) is 0 Å². The molecular weight excluding hydrogens is 523 g/mol. The highest BCUT2D eigenvalue weighted by molar-refractivity contribution is 7.87. The number of hydrogen-bond acceptors (Lipinski definition) is 6.